The van der Waals surface area contributed by atoms with Gasteiger partial charge in [-0.25, -0.2) is 4.98 Å². The standard InChI is InChI=1S/C25H33N5O2/c31-24-20-17-29(16-18-7-2-1-3-8-18)14-11-21(20)27-23(28-24)22-10-4-5-13-30(22)25(32)19-9-6-12-26-15-19/h6,9,12,15,18,22H,1-5,7-8,10-11,13-14,16-17H2,(H,27,28,31). The number of likely N-dealkylation sites (tertiary alicyclic amines) is 1. The molecule has 0 bridgehead atoms. The molecular formula is C25H33N5O2. The number of aromatic nitrogens is 3. The Hall–Kier alpha value is -2.54. The molecule has 0 aromatic carbocycles. The number of nitrogens with one attached hydrogen (secondary N) is 1. The summed E-state index contributed by atoms with van der Waals surface area (Å²) in [5.41, 5.74) is 2.29. The number of fused-ring (bicyclic) bond motifs is 1. The third-order valence-electron chi connectivity index (χ3n) is 7.39. The maximum absolute atomic E-state index is 13.1. The Bertz CT molecular complexity index is 999. The van der Waals surface area contributed by atoms with E-state index in [1.54, 1.807) is 24.5 Å². The fraction of sp³-hybridized carbons (Fsp3) is 0.600. The molecule has 1 aliphatic carbocycles. The summed E-state index contributed by atoms with van der Waals surface area (Å²) in [7, 11) is 0. The van der Waals surface area contributed by atoms with Crippen molar-refractivity contribution in [3.63, 3.8) is 0 Å². The Morgan fingerprint density at radius 2 is 1.94 bits per heavy atom. The average Bonchev–Trinajstić information content (AvgIpc) is 2.85. The van der Waals surface area contributed by atoms with Crippen LogP contribution in [0, 0.1) is 5.92 Å². The first-order chi connectivity index (χ1) is 15.7. The van der Waals surface area contributed by atoms with Crippen molar-refractivity contribution in [1.29, 1.82) is 0 Å². The lowest BCUT2D eigenvalue weighted by Crippen LogP contribution is -2.42. The molecule has 1 unspecified atom stereocenters. The van der Waals surface area contributed by atoms with Crippen LogP contribution in [-0.2, 0) is 13.0 Å². The molecule has 1 atom stereocenters. The summed E-state index contributed by atoms with van der Waals surface area (Å²) in [5, 5.41) is 0. The quantitative estimate of drug-likeness (QED) is 0.795. The van der Waals surface area contributed by atoms with E-state index in [1.807, 2.05) is 4.90 Å². The zero-order valence-corrected chi connectivity index (χ0v) is 18.8. The summed E-state index contributed by atoms with van der Waals surface area (Å²) in [6.45, 7) is 3.42. The molecule has 3 aliphatic rings. The Kier molecular flexibility index (Phi) is 6.35. The molecule has 0 spiro atoms. The zero-order chi connectivity index (χ0) is 21.9. The normalized spacial score (nSPS) is 22.5. The van der Waals surface area contributed by atoms with Crippen molar-refractivity contribution in [2.45, 2.75) is 70.4 Å². The monoisotopic (exact) mass is 435 g/mol. The van der Waals surface area contributed by atoms with Gasteiger partial charge in [0.2, 0.25) is 0 Å². The van der Waals surface area contributed by atoms with Gasteiger partial charge < -0.3 is 9.88 Å². The van der Waals surface area contributed by atoms with Gasteiger partial charge >= 0.3 is 0 Å². The smallest absolute Gasteiger partial charge is 0.256 e. The minimum absolute atomic E-state index is 0.0299. The Balaban J connectivity index is 1.35. The topological polar surface area (TPSA) is 82.2 Å². The van der Waals surface area contributed by atoms with Crippen LogP contribution in [0.1, 0.15) is 84.8 Å². The summed E-state index contributed by atoms with van der Waals surface area (Å²) >= 11 is 0. The first-order valence-electron chi connectivity index (χ1n) is 12.2. The predicted octanol–water partition coefficient (Wildman–Crippen LogP) is 3.47. The van der Waals surface area contributed by atoms with Gasteiger partial charge in [-0.1, -0.05) is 19.3 Å². The number of aromatic amines is 1. The number of rotatable bonds is 4. The van der Waals surface area contributed by atoms with Gasteiger partial charge in [0, 0.05) is 45.0 Å². The number of hydrogen-bond donors (Lipinski definition) is 1. The third-order valence-corrected chi connectivity index (χ3v) is 7.39. The van der Waals surface area contributed by atoms with Gasteiger partial charge in [0.15, 0.2) is 0 Å². The molecule has 1 saturated carbocycles. The number of piperidine rings is 1. The Morgan fingerprint density at radius 3 is 2.75 bits per heavy atom. The SMILES string of the molecule is O=C(c1cccnc1)N1CCCCC1c1nc2c(c(=O)[nH]1)CN(CC1CCCCC1)CC2. The van der Waals surface area contributed by atoms with Crippen LogP contribution in [0.25, 0.3) is 0 Å². The fourth-order valence-corrected chi connectivity index (χ4v) is 5.66. The Labute approximate surface area is 189 Å². The number of amides is 1. The van der Waals surface area contributed by atoms with Gasteiger partial charge in [-0.05, 0) is 50.2 Å². The average molecular weight is 436 g/mol. The lowest BCUT2D eigenvalue weighted by Gasteiger charge is -2.36. The molecule has 7 nitrogen and oxygen atoms in total. The van der Waals surface area contributed by atoms with Gasteiger partial charge in [0.1, 0.15) is 5.82 Å². The van der Waals surface area contributed by atoms with Crippen molar-refractivity contribution in [3.05, 3.63) is 57.5 Å². The Morgan fingerprint density at radius 1 is 1.09 bits per heavy atom. The lowest BCUT2D eigenvalue weighted by atomic mass is 9.88. The summed E-state index contributed by atoms with van der Waals surface area (Å²) in [4.78, 5) is 42.6. The van der Waals surface area contributed by atoms with Gasteiger partial charge in [-0.15, -0.1) is 0 Å². The van der Waals surface area contributed by atoms with Crippen LogP contribution in [0.15, 0.2) is 29.3 Å². The predicted molar refractivity (Wildman–Crippen MR) is 122 cm³/mol. The molecule has 2 aromatic heterocycles. The lowest BCUT2D eigenvalue weighted by molar-refractivity contribution is 0.0598. The van der Waals surface area contributed by atoms with E-state index in [-0.39, 0.29) is 17.5 Å². The van der Waals surface area contributed by atoms with Crippen LogP contribution in [0.5, 0.6) is 0 Å². The van der Waals surface area contributed by atoms with Gasteiger partial charge in [0.25, 0.3) is 11.5 Å². The molecule has 1 amide bonds. The molecular weight excluding hydrogens is 402 g/mol. The van der Waals surface area contributed by atoms with E-state index in [9.17, 15) is 9.59 Å². The molecule has 7 heteroatoms. The van der Waals surface area contributed by atoms with E-state index >= 15 is 0 Å². The molecule has 2 aliphatic heterocycles. The second-order valence-electron chi connectivity index (χ2n) is 9.62. The summed E-state index contributed by atoms with van der Waals surface area (Å²) < 4.78 is 0. The number of H-pyrrole nitrogens is 1. The molecule has 1 N–H and O–H groups in total. The number of nitrogens with zero attached hydrogens (tertiary/aromatic N) is 4. The van der Waals surface area contributed by atoms with Gasteiger partial charge in [-0.3, -0.25) is 19.5 Å². The molecule has 32 heavy (non-hydrogen) atoms. The second kappa shape index (κ2) is 9.53. The first kappa shape index (κ1) is 21.3. The minimum Gasteiger partial charge on any atom is -0.328 e. The van der Waals surface area contributed by atoms with Crippen LogP contribution >= 0.6 is 0 Å². The first-order valence-corrected chi connectivity index (χ1v) is 12.2. The highest BCUT2D eigenvalue weighted by molar-refractivity contribution is 5.94. The van der Waals surface area contributed by atoms with Crippen LogP contribution in [0.4, 0.5) is 0 Å². The summed E-state index contributed by atoms with van der Waals surface area (Å²) in [6.07, 6.45) is 13.6. The van der Waals surface area contributed by atoms with E-state index < -0.39 is 0 Å². The van der Waals surface area contributed by atoms with E-state index in [4.69, 9.17) is 4.98 Å². The van der Waals surface area contributed by atoms with E-state index in [0.717, 1.165) is 55.9 Å². The van der Waals surface area contributed by atoms with Crippen molar-refractivity contribution in [1.82, 2.24) is 24.8 Å². The summed E-state index contributed by atoms with van der Waals surface area (Å²) in [5.74, 6) is 1.37. The van der Waals surface area contributed by atoms with Crippen LogP contribution < -0.4 is 5.56 Å². The van der Waals surface area contributed by atoms with E-state index in [2.05, 4.69) is 14.9 Å². The largest absolute Gasteiger partial charge is 0.328 e. The molecule has 0 radical (unpaired) electrons. The highest BCUT2D eigenvalue weighted by atomic mass is 16.2. The van der Waals surface area contributed by atoms with Crippen LogP contribution in [-0.4, -0.2) is 50.3 Å². The van der Waals surface area contributed by atoms with E-state index in [0.29, 0.717) is 24.5 Å². The van der Waals surface area contributed by atoms with Crippen molar-refractivity contribution in [2.24, 2.45) is 5.92 Å². The van der Waals surface area contributed by atoms with Crippen LogP contribution in [0.2, 0.25) is 0 Å². The van der Waals surface area contributed by atoms with Crippen molar-refractivity contribution < 1.29 is 4.79 Å². The highest BCUT2D eigenvalue weighted by Gasteiger charge is 2.32. The maximum atomic E-state index is 13.1. The summed E-state index contributed by atoms with van der Waals surface area (Å²) in [6, 6.07) is 3.39. The van der Waals surface area contributed by atoms with Gasteiger partial charge in [-0.2, -0.15) is 0 Å². The second-order valence-corrected chi connectivity index (χ2v) is 9.62. The van der Waals surface area contributed by atoms with Crippen molar-refractivity contribution >= 4 is 5.91 Å². The number of carbonyl (C=O) groups excluding carboxylic acids is 1. The molecule has 2 fully saturated rings. The number of carbonyl (C=O) groups is 1. The number of hydrogen-bond acceptors (Lipinski definition) is 5. The molecule has 170 valence electrons. The highest BCUT2D eigenvalue weighted by Crippen LogP contribution is 2.31. The molecule has 2 aromatic rings. The zero-order valence-electron chi connectivity index (χ0n) is 18.8. The van der Waals surface area contributed by atoms with Crippen molar-refractivity contribution in [3.8, 4) is 0 Å². The molecule has 5 rings (SSSR count). The molecule has 1 saturated heterocycles. The molecule has 4 heterocycles. The number of pyridine rings is 1. The van der Waals surface area contributed by atoms with Gasteiger partial charge in [0.05, 0.1) is 22.9 Å². The maximum Gasteiger partial charge on any atom is 0.256 e. The van der Waals surface area contributed by atoms with Crippen LogP contribution in [0.3, 0.4) is 0 Å². The van der Waals surface area contributed by atoms with E-state index in [1.165, 1.54) is 32.1 Å². The van der Waals surface area contributed by atoms with Crippen molar-refractivity contribution in [2.75, 3.05) is 19.6 Å². The third kappa shape index (κ3) is 4.49. The minimum atomic E-state index is -0.185. The fourth-order valence-electron chi connectivity index (χ4n) is 5.66.